The number of aryl methyl sites for hydroxylation is 1. The van der Waals surface area contributed by atoms with E-state index in [9.17, 15) is 13.2 Å². The lowest BCUT2D eigenvalue weighted by Gasteiger charge is -2.26. The Morgan fingerprint density at radius 3 is 2.34 bits per heavy atom. The Balaban J connectivity index is 1.43. The molecule has 1 amide bonds. The van der Waals surface area contributed by atoms with Crippen molar-refractivity contribution in [1.82, 2.24) is 9.62 Å². The smallest absolute Gasteiger partial charge is 0.240 e. The van der Waals surface area contributed by atoms with Gasteiger partial charge in [0.1, 0.15) is 0 Å². The molecule has 2 N–H and O–H groups in total. The van der Waals surface area contributed by atoms with Gasteiger partial charge < -0.3 is 10.1 Å². The van der Waals surface area contributed by atoms with Crippen LogP contribution in [-0.4, -0.2) is 52.1 Å². The molecule has 7 nitrogen and oxygen atoms in total. The molecule has 1 heterocycles. The number of ether oxygens (including phenoxy) is 1. The molecule has 0 aromatic heterocycles. The predicted octanol–water partition coefficient (Wildman–Crippen LogP) is 2.13. The van der Waals surface area contributed by atoms with Gasteiger partial charge in [-0.1, -0.05) is 29.8 Å². The summed E-state index contributed by atoms with van der Waals surface area (Å²) in [6.07, 6.45) is 0.0562. The molecular weight excluding hydrogens is 390 g/mol. The van der Waals surface area contributed by atoms with E-state index < -0.39 is 10.0 Å². The van der Waals surface area contributed by atoms with Crippen LogP contribution in [0.25, 0.3) is 0 Å². The van der Waals surface area contributed by atoms with Gasteiger partial charge in [-0.05, 0) is 36.8 Å². The third-order valence-electron chi connectivity index (χ3n) is 4.72. The minimum Gasteiger partial charge on any atom is -0.379 e. The first-order valence-corrected chi connectivity index (χ1v) is 11.2. The number of amides is 1. The molecule has 1 aliphatic rings. The Hall–Kier alpha value is -2.26. The molecule has 1 aliphatic heterocycles. The fourth-order valence-corrected chi connectivity index (χ4v) is 4.07. The molecule has 2 aromatic rings. The first-order valence-electron chi connectivity index (χ1n) is 9.68. The quantitative estimate of drug-likeness (QED) is 0.687. The molecular formula is C21H27N3O4S. The molecule has 2 aromatic carbocycles. The van der Waals surface area contributed by atoms with E-state index in [0.717, 1.165) is 38.4 Å². The molecule has 29 heavy (non-hydrogen) atoms. The number of nitrogens with zero attached hydrogens (tertiary/aromatic N) is 1. The topological polar surface area (TPSA) is 87.7 Å². The summed E-state index contributed by atoms with van der Waals surface area (Å²) in [5, 5.41) is 2.80. The van der Waals surface area contributed by atoms with Crippen LogP contribution in [0.1, 0.15) is 17.5 Å². The molecule has 1 saturated heterocycles. The first-order chi connectivity index (χ1) is 13.9. The number of morpholine rings is 1. The minimum absolute atomic E-state index is 0.0388. The van der Waals surface area contributed by atoms with Crippen LogP contribution in [0, 0.1) is 6.92 Å². The third kappa shape index (κ3) is 6.64. The van der Waals surface area contributed by atoms with E-state index >= 15 is 0 Å². The van der Waals surface area contributed by atoms with Gasteiger partial charge in [0, 0.05) is 38.3 Å². The van der Waals surface area contributed by atoms with Gasteiger partial charge in [0.05, 0.1) is 18.1 Å². The summed E-state index contributed by atoms with van der Waals surface area (Å²) in [5.74, 6) is -0.238. The lowest BCUT2D eigenvalue weighted by molar-refractivity contribution is -0.116. The van der Waals surface area contributed by atoms with E-state index in [2.05, 4.69) is 14.9 Å². The van der Waals surface area contributed by atoms with Crippen molar-refractivity contribution in [3.05, 3.63) is 59.7 Å². The van der Waals surface area contributed by atoms with Gasteiger partial charge in [-0.15, -0.1) is 0 Å². The molecule has 0 spiro atoms. The lowest BCUT2D eigenvalue weighted by Crippen LogP contribution is -2.35. The van der Waals surface area contributed by atoms with Crippen LogP contribution in [0.2, 0.25) is 0 Å². The number of sulfonamides is 1. The van der Waals surface area contributed by atoms with E-state index in [1.807, 2.05) is 31.2 Å². The van der Waals surface area contributed by atoms with E-state index in [1.165, 1.54) is 5.56 Å². The van der Waals surface area contributed by atoms with E-state index in [1.54, 1.807) is 24.3 Å². The van der Waals surface area contributed by atoms with Gasteiger partial charge in [-0.2, -0.15) is 0 Å². The fourth-order valence-electron chi connectivity index (χ4n) is 3.03. The van der Waals surface area contributed by atoms with Crippen molar-refractivity contribution < 1.29 is 17.9 Å². The molecule has 156 valence electrons. The van der Waals surface area contributed by atoms with Crippen LogP contribution in [0.3, 0.4) is 0 Å². The molecule has 0 bridgehead atoms. The van der Waals surface area contributed by atoms with Gasteiger partial charge in [0.2, 0.25) is 15.9 Å². The highest BCUT2D eigenvalue weighted by molar-refractivity contribution is 7.89. The average Bonchev–Trinajstić information content (AvgIpc) is 2.70. The molecule has 0 saturated carbocycles. The number of nitrogens with one attached hydrogen (secondary N) is 2. The van der Waals surface area contributed by atoms with Gasteiger partial charge in [-0.3, -0.25) is 9.69 Å². The highest BCUT2D eigenvalue weighted by Gasteiger charge is 2.14. The van der Waals surface area contributed by atoms with Gasteiger partial charge in [0.25, 0.3) is 0 Å². The van der Waals surface area contributed by atoms with Crippen molar-refractivity contribution in [2.75, 3.05) is 38.2 Å². The summed E-state index contributed by atoms with van der Waals surface area (Å²) in [6, 6.07) is 14.3. The van der Waals surface area contributed by atoms with Crippen LogP contribution in [-0.2, 0) is 26.1 Å². The van der Waals surface area contributed by atoms with Crippen LogP contribution in [0.5, 0.6) is 0 Å². The molecule has 0 atom stereocenters. The highest BCUT2D eigenvalue weighted by atomic mass is 32.2. The summed E-state index contributed by atoms with van der Waals surface area (Å²) < 4.78 is 32.3. The van der Waals surface area contributed by atoms with Crippen molar-refractivity contribution >= 4 is 21.6 Å². The molecule has 0 unspecified atom stereocenters. The summed E-state index contributed by atoms with van der Waals surface area (Å²) in [7, 11) is -3.61. The molecule has 1 fully saturated rings. The van der Waals surface area contributed by atoms with Gasteiger partial charge in [0.15, 0.2) is 0 Å². The van der Waals surface area contributed by atoms with Crippen molar-refractivity contribution in [2.24, 2.45) is 0 Å². The Morgan fingerprint density at radius 1 is 1.03 bits per heavy atom. The Morgan fingerprint density at radius 2 is 1.69 bits per heavy atom. The number of carbonyl (C=O) groups excluding carboxylic acids is 1. The predicted molar refractivity (Wildman–Crippen MR) is 112 cm³/mol. The van der Waals surface area contributed by atoms with Gasteiger partial charge >= 0.3 is 0 Å². The highest BCUT2D eigenvalue weighted by Crippen LogP contribution is 2.13. The van der Waals surface area contributed by atoms with Crippen molar-refractivity contribution in [2.45, 2.75) is 24.8 Å². The molecule has 3 rings (SSSR count). The minimum atomic E-state index is -3.61. The fraction of sp³-hybridized carbons (Fsp3) is 0.381. The van der Waals surface area contributed by atoms with Crippen LogP contribution >= 0.6 is 0 Å². The van der Waals surface area contributed by atoms with E-state index in [4.69, 9.17) is 4.74 Å². The monoisotopic (exact) mass is 417 g/mol. The SMILES string of the molecule is Cc1ccc(S(=O)(=O)NCCC(=O)Nc2ccc(CN3CCOCC3)cc2)cc1. The number of rotatable bonds is 8. The largest absolute Gasteiger partial charge is 0.379 e. The maximum Gasteiger partial charge on any atom is 0.240 e. The van der Waals surface area contributed by atoms with Crippen molar-refractivity contribution in [3.63, 3.8) is 0 Å². The van der Waals surface area contributed by atoms with Crippen LogP contribution in [0.4, 0.5) is 5.69 Å². The Kier molecular flexibility index (Phi) is 7.38. The normalized spacial score (nSPS) is 15.2. The number of anilines is 1. The van der Waals surface area contributed by atoms with Crippen molar-refractivity contribution in [3.8, 4) is 0 Å². The number of hydrogen-bond donors (Lipinski definition) is 2. The summed E-state index contributed by atoms with van der Waals surface area (Å²) >= 11 is 0. The summed E-state index contributed by atoms with van der Waals surface area (Å²) in [5.41, 5.74) is 2.86. The summed E-state index contributed by atoms with van der Waals surface area (Å²) in [4.78, 5) is 14.6. The second-order valence-corrected chi connectivity index (χ2v) is 8.86. The zero-order valence-corrected chi connectivity index (χ0v) is 17.4. The summed E-state index contributed by atoms with van der Waals surface area (Å²) in [6.45, 7) is 6.18. The molecule has 0 aliphatic carbocycles. The second-order valence-electron chi connectivity index (χ2n) is 7.09. The van der Waals surface area contributed by atoms with Crippen LogP contribution in [0.15, 0.2) is 53.4 Å². The number of benzene rings is 2. The zero-order chi connectivity index (χ0) is 20.7. The Labute approximate surface area is 172 Å². The van der Waals surface area contributed by atoms with Gasteiger partial charge in [-0.25, -0.2) is 13.1 Å². The maximum absolute atomic E-state index is 12.2. The number of hydrogen-bond acceptors (Lipinski definition) is 5. The zero-order valence-electron chi connectivity index (χ0n) is 16.6. The lowest BCUT2D eigenvalue weighted by atomic mass is 10.2. The average molecular weight is 418 g/mol. The first kappa shape index (κ1) is 21.4. The van der Waals surface area contributed by atoms with Crippen molar-refractivity contribution in [1.29, 1.82) is 0 Å². The molecule has 0 radical (unpaired) electrons. The number of carbonyl (C=O) groups is 1. The maximum atomic E-state index is 12.2. The van der Waals surface area contributed by atoms with E-state index in [-0.39, 0.29) is 23.8 Å². The van der Waals surface area contributed by atoms with Crippen LogP contribution < -0.4 is 10.0 Å². The Bertz CT molecular complexity index is 906. The standard InChI is InChI=1S/C21H27N3O4S/c1-17-2-8-20(9-3-17)29(26,27)22-11-10-21(25)23-19-6-4-18(5-7-19)16-24-12-14-28-15-13-24/h2-9,22H,10-16H2,1H3,(H,23,25). The molecule has 8 heteroatoms. The van der Waals surface area contributed by atoms with E-state index in [0.29, 0.717) is 5.69 Å². The second kappa shape index (κ2) is 9.98. The third-order valence-corrected chi connectivity index (χ3v) is 6.20.